The van der Waals surface area contributed by atoms with Crippen LogP contribution in [0.4, 0.5) is 9.52 Å². The molecule has 1 aromatic carbocycles. The van der Waals surface area contributed by atoms with Crippen molar-refractivity contribution in [1.29, 1.82) is 0 Å². The Balaban J connectivity index is 1.11. The Hall–Kier alpha value is -5.35. The number of aromatic amines is 1. The second-order valence-electron chi connectivity index (χ2n) is 13.7. The number of carboxylic acid groups (broad SMARTS) is 1. The van der Waals surface area contributed by atoms with Gasteiger partial charge >= 0.3 is 5.97 Å². The molecular weight excluding hydrogens is 738 g/mol. The van der Waals surface area contributed by atoms with Gasteiger partial charge in [-0.25, -0.2) is 14.2 Å². The Labute approximate surface area is 308 Å². The number of piperazine rings is 1. The Bertz CT molecular complexity index is 2030. The first-order valence-electron chi connectivity index (χ1n) is 16.5. The van der Waals surface area contributed by atoms with E-state index < -0.39 is 58.0 Å². The number of oxime groups is 1. The van der Waals surface area contributed by atoms with Gasteiger partial charge in [0, 0.05) is 35.1 Å². The van der Waals surface area contributed by atoms with Crippen molar-refractivity contribution in [1.82, 2.24) is 40.7 Å². The van der Waals surface area contributed by atoms with Crippen LogP contribution < -0.4 is 11.1 Å². The zero-order valence-corrected chi connectivity index (χ0v) is 30.0. The number of nitrogens with zero attached hydrogens (tertiary/aromatic N) is 8. The zero-order chi connectivity index (χ0) is 37.8. The number of nitrogens with one attached hydrogen (secondary N) is 2. The van der Waals surface area contributed by atoms with Crippen LogP contribution in [0.15, 0.2) is 28.2 Å². The topological polar surface area (TPSA) is 262 Å². The lowest BCUT2D eigenvalue weighted by molar-refractivity contribution is -0.938. The summed E-state index contributed by atoms with van der Waals surface area (Å²) in [6.07, 6.45) is 1.73. The number of β-lactam (4-membered cyclic amide) rings is 1. The van der Waals surface area contributed by atoms with Gasteiger partial charge in [0.15, 0.2) is 28.2 Å². The van der Waals surface area contributed by atoms with Crippen molar-refractivity contribution in [3.63, 3.8) is 0 Å². The summed E-state index contributed by atoms with van der Waals surface area (Å²) in [4.78, 5) is 64.9. The van der Waals surface area contributed by atoms with Crippen LogP contribution in [0.1, 0.15) is 48.6 Å². The van der Waals surface area contributed by atoms with Gasteiger partial charge in [-0.15, -0.1) is 33.3 Å². The van der Waals surface area contributed by atoms with E-state index in [-0.39, 0.29) is 34.0 Å². The van der Waals surface area contributed by atoms with Crippen LogP contribution in [0.3, 0.4) is 0 Å². The highest BCUT2D eigenvalue weighted by molar-refractivity contribution is 8.00. The van der Waals surface area contributed by atoms with E-state index in [1.54, 1.807) is 4.90 Å². The summed E-state index contributed by atoms with van der Waals surface area (Å²) in [5.74, 6) is -5.04. The molecule has 3 fully saturated rings. The molecule has 7 N–H and O–H groups in total. The third kappa shape index (κ3) is 6.50. The van der Waals surface area contributed by atoms with E-state index in [9.17, 15) is 38.9 Å². The molecule has 0 spiro atoms. The van der Waals surface area contributed by atoms with Gasteiger partial charge in [0.2, 0.25) is 11.4 Å². The molecule has 53 heavy (non-hydrogen) atoms. The molecule has 22 heteroatoms. The van der Waals surface area contributed by atoms with E-state index in [0.717, 1.165) is 48.4 Å². The molecule has 3 aromatic rings. The van der Waals surface area contributed by atoms with E-state index in [0.29, 0.717) is 42.1 Å². The minimum atomic E-state index is -1.77. The first-order chi connectivity index (χ1) is 25.2. The fraction of sp³-hybridized carbons (Fsp3) is 0.452. The van der Waals surface area contributed by atoms with Crippen LogP contribution in [0.2, 0.25) is 0 Å². The Kier molecular flexibility index (Phi) is 9.22. The fourth-order valence-electron chi connectivity index (χ4n) is 7.15. The summed E-state index contributed by atoms with van der Waals surface area (Å²) in [6.45, 7) is 5.22. The maximum absolute atomic E-state index is 14.1. The predicted molar refractivity (Wildman–Crippen MR) is 186 cm³/mol. The maximum atomic E-state index is 14.1. The molecule has 0 aliphatic carbocycles. The predicted octanol–water partition coefficient (Wildman–Crippen LogP) is 0.319. The van der Waals surface area contributed by atoms with Crippen LogP contribution in [0.5, 0.6) is 11.5 Å². The molecule has 4 aliphatic heterocycles. The number of halogens is 1. The number of tetrazole rings is 1. The number of aromatic nitrogens is 5. The summed E-state index contributed by atoms with van der Waals surface area (Å²) in [6, 6.07) is 1.02. The Morgan fingerprint density at radius 3 is 2.74 bits per heavy atom. The molecule has 4 atom stereocenters. The number of benzene rings is 1. The molecule has 3 saturated heterocycles. The minimum absolute atomic E-state index is 0.0370. The summed E-state index contributed by atoms with van der Waals surface area (Å²) in [7, 11) is 0. The number of nitrogens with two attached hydrogens (primary N) is 1. The standard InChI is InChI=1S/C31H34FN11O8S2/c1-31(2,29(49)50)51-38-20(18-13-53-30(33)34-18)25(46)35-21-27(48)42-22(24-36-39-40-37-24)15(12-52-28(21)42)11-43-6-3-4-16(43)10-41(5-7-43)26(47)14-8-17(32)23(45)19(44)9-14/h8-9,13,16,21,28H,3-7,10-12H2,1-2H3,(H6-,33,34,35,36,37,38,39,40,44,45,46,47,49,50)/p+1/t16?,21-,28-,43?/m1/s1. The molecular formula is C31H35FN11O8S2+. The van der Waals surface area contributed by atoms with Crippen LogP contribution in [0, 0.1) is 5.82 Å². The number of H-pyrrole nitrogens is 1. The number of aliphatic carboxylic acids is 1. The molecule has 280 valence electrons. The number of quaternary nitrogens is 1. The number of carbonyl (C=O) groups is 4. The van der Waals surface area contributed by atoms with Gasteiger partial charge < -0.3 is 40.6 Å². The van der Waals surface area contributed by atoms with Crippen molar-refractivity contribution >= 4 is 63.3 Å². The van der Waals surface area contributed by atoms with E-state index in [2.05, 4.69) is 36.1 Å². The largest absolute Gasteiger partial charge is 0.504 e. The van der Waals surface area contributed by atoms with Gasteiger partial charge in [-0.05, 0) is 31.2 Å². The summed E-state index contributed by atoms with van der Waals surface area (Å²) < 4.78 is 14.8. The number of amides is 3. The molecule has 0 radical (unpaired) electrons. The third-order valence-corrected chi connectivity index (χ3v) is 12.0. The number of anilines is 1. The van der Waals surface area contributed by atoms with E-state index >= 15 is 0 Å². The van der Waals surface area contributed by atoms with Crippen LogP contribution >= 0.6 is 23.1 Å². The highest BCUT2D eigenvalue weighted by atomic mass is 32.2. The number of aromatic hydroxyl groups is 2. The Morgan fingerprint density at radius 1 is 1.26 bits per heavy atom. The second-order valence-corrected chi connectivity index (χ2v) is 15.7. The van der Waals surface area contributed by atoms with Crippen LogP contribution in [-0.4, -0.2) is 146 Å². The van der Waals surface area contributed by atoms with Gasteiger partial charge in [0.25, 0.3) is 17.7 Å². The van der Waals surface area contributed by atoms with Crippen molar-refractivity contribution in [2.24, 2.45) is 5.16 Å². The smallest absolute Gasteiger partial charge is 0.350 e. The summed E-state index contributed by atoms with van der Waals surface area (Å²) in [5, 5.41) is 51.1. The average Bonchev–Trinajstić information content (AvgIpc) is 3.90. The highest BCUT2D eigenvalue weighted by Gasteiger charge is 2.56. The van der Waals surface area contributed by atoms with Crippen molar-refractivity contribution in [3.8, 4) is 11.5 Å². The fourth-order valence-corrected chi connectivity index (χ4v) is 9.04. The molecule has 0 saturated carbocycles. The minimum Gasteiger partial charge on any atom is -0.504 e. The lowest BCUT2D eigenvalue weighted by Gasteiger charge is -2.52. The first kappa shape index (κ1) is 36.0. The van der Waals surface area contributed by atoms with Crippen molar-refractivity contribution in [2.75, 3.05) is 44.2 Å². The van der Waals surface area contributed by atoms with Gasteiger partial charge in [-0.1, -0.05) is 5.16 Å². The number of hydrogen-bond donors (Lipinski definition) is 6. The number of hydrogen-bond acceptors (Lipinski definition) is 15. The normalized spacial score (nSPS) is 24.4. The maximum Gasteiger partial charge on any atom is 0.350 e. The zero-order valence-electron chi connectivity index (χ0n) is 28.4. The Morgan fingerprint density at radius 2 is 2.06 bits per heavy atom. The number of phenols is 2. The number of nitrogen functional groups attached to an aromatic ring is 1. The quantitative estimate of drug-likeness (QED) is 0.0533. The van der Waals surface area contributed by atoms with E-state index in [4.69, 9.17) is 10.6 Å². The lowest BCUT2D eigenvalue weighted by Crippen LogP contribution is -2.70. The van der Waals surface area contributed by atoms with Gasteiger partial charge in [-0.2, -0.15) is 5.21 Å². The molecule has 4 aliphatic rings. The third-order valence-electron chi connectivity index (χ3n) is 10.00. The second kappa shape index (κ2) is 13.6. The molecule has 2 aromatic heterocycles. The van der Waals surface area contributed by atoms with Crippen LogP contribution in [-0.2, 0) is 19.2 Å². The summed E-state index contributed by atoms with van der Waals surface area (Å²) >= 11 is 2.49. The molecule has 0 bridgehead atoms. The summed E-state index contributed by atoms with van der Waals surface area (Å²) in [5.41, 5.74) is 5.02. The van der Waals surface area contributed by atoms with Gasteiger partial charge in [0.1, 0.15) is 29.7 Å². The average molecular weight is 773 g/mol. The van der Waals surface area contributed by atoms with Crippen molar-refractivity contribution < 1.29 is 48.2 Å². The SMILES string of the molecule is CC(C)(O/N=C(\C(=O)N[C@@H]1C(=O)N2C(c3nn[nH]n3)=C(C[N+]34CCCC3CN(C(=O)c3cc(O)c(O)c(F)c3)CC4)CS[C@H]12)c1csc(N)n1)C(=O)O. The number of carboxylic acids is 1. The van der Waals surface area contributed by atoms with Gasteiger partial charge in [0.05, 0.1) is 31.9 Å². The highest BCUT2D eigenvalue weighted by Crippen LogP contribution is 2.45. The number of phenolic OH excluding ortho intramolecular Hbond substituents is 2. The number of fused-ring (bicyclic) bond motifs is 2. The van der Waals surface area contributed by atoms with Crippen molar-refractivity contribution in [2.45, 2.75) is 49.7 Å². The molecule has 19 nitrogen and oxygen atoms in total. The molecule has 7 rings (SSSR count). The van der Waals surface area contributed by atoms with Crippen LogP contribution in [0.25, 0.3) is 5.70 Å². The van der Waals surface area contributed by atoms with Gasteiger partial charge in [-0.3, -0.25) is 19.3 Å². The molecule has 2 unspecified atom stereocenters. The lowest BCUT2D eigenvalue weighted by atomic mass is 10.00. The first-order valence-corrected chi connectivity index (χ1v) is 18.4. The molecule has 3 amide bonds. The van der Waals surface area contributed by atoms with E-state index in [1.807, 2.05) is 0 Å². The van der Waals surface area contributed by atoms with E-state index in [1.165, 1.54) is 35.9 Å². The monoisotopic (exact) mass is 772 g/mol. The number of thiazole rings is 1. The number of thioether (sulfide) groups is 1. The number of carbonyl (C=O) groups excluding carboxylic acids is 3. The van der Waals surface area contributed by atoms with Crippen molar-refractivity contribution in [3.05, 3.63) is 46.0 Å². The molecule has 6 heterocycles. The number of rotatable bonds is 10.